The van der Waals surface area contributed by atoms with Crippen LogP contribution in [-0.2, 0) is 0 Å². The van der Waals surface area contributed by atoms with Gasteiger partial charge in [0.15, 0.2) is 13.8 Å². The molecular formula is C54H34N2OSSi. The van der Waals surface area contributed by atoms with Gasteiger partial charge in [0.05, 0.1) is 27.8 Å². The summed E-state index contributed by atoms with van der Waals surface area (Å²) in [5, 5.41) is 12.8. The van der Waals surface area contributed by atoms with Gasteiger partial charge in [-0.05, 0) is 81.4 Å². The number of rotatable bonds is 4. The molecule has 0 spiro atoms. The molecule has 0 saturated carbocycles. The van der Waals surface area contributed by atoms with Crippen LogP contribution in [0.1, 0.15) is 0 Å². The maximum absolute atomic E-state index is 7.26. The second-order valence-corrected chi connectivity index (χ2v) is 20.4. The van der Waals surface area contributed by atoms with E-state index in [0.29, 0.717) is 0 Å². The van der Waals surface area contributed by atoms with Gasteiger partial charge in [-0.1, -0.05) is 146 Å². The monoisotopic (exact) mass is 786 g/mol. The molecule has 1 atom stereocenters. The minimum Gasteiger partial charge on any atom is -0.455 e. The minimum atomic E-state index is -3.08. The summed E-state index contributed by atoms with van der Waals surface area (Å²) in [6, 6.07) is 76.3. The van der Waals surface area contributed by atoms with Crippen molar-refractivity contribution >= 4 is 104 Å². The third-order valence-electron chi connectivity index (χ3n) is 12.7. The summed E-state index contributed by atoms with van der Waals surface area (Å²) in [4.78, 5) is 0. The lowest BCUT2D eigenvalue weighted by molar-refractivity contribution is 0.485. The summed E-state index contributed by atoms with van der Waals surface area (Å²) in [5.74, 6) is 1.84. The number of para-hydroxylation sites is 6. The Morgan fingerprint density at radius 3 is 1.54 bits per heavy atom. The number of hydrogen-bond acceptors (Lipinski definition) is 2. The van der Waals surface area contributed by atoms with E-state index in [-0.39, 0.29) is 0 Å². The molecule has 0 aliphatic carbocycles. The average Bonchev–Trinajstić information content (AvgIpc) is 3.96. The van der Waals surface area contributed by atoms with E-state index in [0.717, 1.165) is 22.9 Å². The van der Waals surface area contributed by atoms with Crippen LogP contribution in [0.5, 0.6) is 11.5 Å². The van der Waals surface area contributed by atoms with Gasteiger partial charge in [0, 0.05) is 47.4 Å². The van der Waals surface area contributed by atoms with Crippen LogP contribution in [0.4, 0.5) is 0 Å². The number of benzene rings is 9. The predicted octanol–water partition coefficient (Wildman–Crippen LogP) is 11.7. The van der Waals surface area contributed by atoms with Crippen molar-refractivity contribution in [1.82, 2.24) is 9.13 Å². The second kappa shape index (κ2) is 12.4. The summed E-state index contributed by atoms with van der Waals surface area (Å²) >= 11 is 1.89. The lowest BCUT2D eigenvalue weighted by Gasteiger charge is -2.40. The van der Waals surface area contributed by atoms with Crippen LogP contribution in [0, 0.1) is 0 Å². The summed E-state index contributed by atoms with van der Waals surface area (Å²) in [6.45, 7) is 0. The molecule has 276 valence electrons. The molecule has 5 heteroatoms. The molecule has 1 aliphatic heterocycles. The minimum absolute atomic E-state index is 0.919. The van der Waals surface area contributed by atoms with Gasteiger partial charge in [-0.15, -0.1) is 11.3 Å². The maximum atomic E-state index is 7.26. The summed E-state index contributed by atoms with van der Waals surface area (Å²) < 4.78 is 14.7. The van der Waals surface area contributed by atoms with Gasteiger partial charge < -0.3 is 13.9 Å². The quantitative estimate of drug-likeness (QED) is 0.163. The lowest BCUT2D eigenvalue weighted by atomic mass is 10.1. The molecule has 59 heavy (non-hydrogen) atoms. The largest absolute Gasteiger partial charge is 0.455 e. The molecule has 3 nitrogen and oxygen atoms in total. The number of hydrogen-bond donors (Lipinski definition) is 0. The van der Waals surface area contributed by atoms with E-state index in [1.165, 1.54) is 84.5 Å². The van der Waals surface area contributed by atoms with Gasteiger partial charge in [0.1, 0.15) is 5.75 Å². The molecule has 4 heterocycles. The fraction of sp³-hybridized carbons (Fsp3) is 0. The number of nitrogens with zero attached hydrogens (tertiary/aromatic N) is 2. The van der Waals surface area contributed by atoms with Crippen molar-refractivity contribution in [3.05, 3.63) is 206 Å². The van der Waals surface area contributed by atoms with E-state index >= 15 is 0 Å². The second-order valence-electron chi connectivity index (χ2n) is 15.6. The van der Waals surface area contributed by atoms with E-state index in [4.69, 9.17) is 4.74 Å². The van der Waals surface area contributed by atoms with Crippen LogP contribution < -0.4 is 25.5 Å². The molecule has 3 aromatic heterocycles. The molecule has 0 bridgehead atoms. The normalized spacial score (nSPS) is 15.0. The summed E-state index contributed by atoms with van der Waals surface area (Å²) in [5.41, 5.74) is 6.95. The zero-order chi connectivity index (χ0) is 38.7. The first-order chi connectivity index (χ1) is 29.3. The number of fused-ring (bicyclic) bond motifs is 11. The first-order valence-electron chi connectivity index (χ1n) is 20.2. The third kappa shape index (κ3) is 4.51. The Morgan fingerprint density at radius 2 is 0.881 bits per heavy atom. The zero-order valence-corrected chi connectivity index (χ0v) is 33.7. The zero-order valence-electron chi connectivity index (χ0n) is 31.8. The standard InChI is InChI=1S/C54H34N2OSSi/c1-6-19-44-38(14-1)39-15-2-7-20-45(39)55(44)35-28-30-36(31-29-35)59(37-32-33-43-42-18-5-11-25-50(42)58-51(43)34-37)52-26-12-10-24-49(52)57-54-48(23-13-27-53(54)59)56-46-21-8-3-16-40(46)41-17-4-9-22-47(41)56/h1-34H. The third-order valence-corrected chi connectivity index (χ3v) is 18.6. The Balaban J connectivity index is 1.13. The topological polar surface area (TPSA) is 19.1 Å². The Bertz CT molecular complexity index is 3560. The van der Waals surface area contributed by atoms with Gasteiger partial charge in [-0.2, -0.15) is 0 Å². The molecule has 9 aromatic carbocycles. The Hall–Kier alpha value is -7.18. The van der Waals surface area contributed by atoms with Crippen LogP contribution in [-0.4, -0.2) is 17.2 Å². The van der Waals surface area contributed by atoms with Crippen molar-refractivity contribution in [1.29, 1.82) is 0 Å². The Labute approximate surface area is 345 Å². The highest BCUT2D eigenvalue weighted by Gasteiger charge is 2.49. The van der Waals surface area contributed by atoms with Crippen molar-refractivity contribution in [3.8, 4) is 22.9 Å². The van der Waals surface area contributed by atoms with Crippen molar-refractivity contribution in [3.63, 3.8) is 0 Å². The van der Waals surface area contributed by atoms with Gasteiger partial charge in [0.25, 0.3) is 0 Å². The SMILES string of the molecule is c1ccc2c(c1)Oc1c(-n3c4ccccc4c4ccccc43)cccc1[Si]2(c1ccc(-n2c3ccccc3c3ccccc32)cc1)c1ccc2c(c1)sc1ccccc12. The number of ether oxygens (including phenoxy) is 1. The summed E-state index contributed by atoms with van der Waals surface area (Å²) in [7, 11) is -3.08. The fourth-order valence-electron chi connectivity index (χ4n) is 10.2. The van der Waals surface area contributed by atoms with E-state index in [1.807, 2.05) is 11.3 Å². The molecule has 12 aromatic rings. The van der Waals surface area contributed by atoms with E-state index in [2.05, 4.69) is 215 Å². The van der Waals surface area contributed by atoms with E-state index < -0.39 is 8.07 Å². The van der Waals surface area contributed by atoms with Gasteiger partial charge in [0.2, 0.25) is 0 Å². The van der Waals surface area contributed by atoms with Gasteiger partial charge in [-0.3, -0.25) is 0 Å². The molecule has 0 amide bonds. The number of aromatic nitrogens is 2. The Kier molecular flexibility index (Phi) is 6.91. The highest BCUT2D eigenvalue weighted by molar-refractivity contribution is 7.26. The van der Waals surface area contributed by atoms with Gasteiger partial charge >= 0.3 is 0 Å². The van der Waals surface area contributed by atoms with E-state index in [1.54, 1.807) is 0 Å². The van der Waals surface area contributed by atoms with E-state index in [9.17, 15) is 0 Å². The average molecular weight is 787 g/mol. The molecule has 13 rings (SSSR count). The van der Waals surface area contributed by atoms with Crippen LogP contribution >= 0.6 is 11.3 Å². The molecular weight excluding hydrogens is 753 g/mol. The Morgan fingerprint density at radius 1 is 0.373 bits per heavy atom. The number of thiophene rings is 1. The molecule has 1 aliphatic rings. The fourth-order valence-corrected chi connectivity index (χ4v) is 16.4. The van der Waals surface area contributed by atoms with Crippen LogP contribution in [0.25, 0.3) is 75.2 Å². The van der Waals surface area contributed by atoms with Crippen molar-refractivity contribution in [2.24, 2.45) is 0 Å². The highest BCUT2D eigenvalue weighted by atomic mass is 32.1. The van der Waals surface area contributed by atoms with Crippen molar-refractivity contribution in [2.75, 3.05) is 0 Å². The first-order valence-corrected chi connectivity index (χ1v) is 23.0. The molecule has 0 N–H and O–H groups in total. The molecule has 0 radical (unpaired) electrons. The smallest absolute Gasteiger partial charge is 0.188 e. The molecule has 1 unspecified atom stereocenters. The van der Waals surface area contributed by atoms with Gasteiger partial charge in [-0.25, -0.2) is 0 Å². The molecule has 0 saturated heterocycles. The lowest BCUT2D eigenvalue weighted by Crippen LogP contribution is -2.76. The van der Waals surface area contributed by atoms with Crippen LogP contribution in [0.2, 0.25) is 0 Å². The van der Waals surface area contributed by atoms with Crippen LogP contribution in [0.3, 0.4) is 0 Å². The summed E-state index contributed by atoms with van der Waals surface area (Å²) in [6.07, 6.45) is 0. The molecule has 0 fully saturated rings. The van der Waals surface area contributed by atoms with Crippen molar-refractivity contribution < 1.29 is 4.74 Å². The maximum Gasteiger partial charge on any atom is 0.188 e. The predicted molar refractivity (Wildman–Crippen MR) is 252 cm³/mol. The first kappa shape index (κ1) is 32.9. The highest BCUT2D eigenvalue weighted by Crippen LogP contribution is 2.40. The van der Waals surface area contributed by atoms with Crippen LogP contribution in [0.15, 0.2) is 206 Å². The van der Waals surface area contributed by atoms with Crippen molar-refractivity contribution in [2.45, 2.75) is 0 Å².